The Balaban J connectivity index is 0.00000274. The second kappa shape index (κ2) is 15.5. The molecule has 2 rings (SSSR count). The molecule has 1 aliphatic rings. The molecule has 0 amide bonds. The Bertz CT molecular complexity index is 875. The van der Waals surface area contributed by atoms with Crippen LogP contribution in [0.25, 0.3) is 0 Å². The zero-order valence-corrected chi connectivity index (χ0v) is 23.2. The first-order valence-corrected chi connectivity index (χ1v) is 14.1. The average Bonchev–Trinajstić information content (AvgIpc) is 2.80. The first-order valence-electron chi connectivity index (χ1n) is 10.9. The van der Waals surface area contributed by atoms with Crippen LogP contribution in [0.5, 0.6) is 0 Å². The molecule has 1 unspecified atom stereocenters. The predicted octanol–water partition coefficient (Wildman–Crippen LogP) is 8.70. The number of alkyl halides is 6. The Kier molecular flexibility index (Phi) is 14.8. The maximum Gasteiger partial charge on any atom is 0.417 e. The molecule has 0 saturated carbocycles. The summed E-state index contributed by atoms with van der Waals surface area (Å²) in [5, 5.41) is 6.27. The van der Waals surface area contributed by atoms with Gasteiger partial charge in [0.25, 0.3) is 0 Å². The van der Waals surface area contributed by atoms with Crippen molar-refractivity contribution in [2.45, 2.75) is 58.9 Å². The van der Waals surface area contributed by atoms with E-state index in [1.165, 1.54) is 6.07 Å². The minimum absolute atomic E-state index is 0.227. The Morgan fingerprint density at radius 3 is 2.23 bits per heavy atom. The molecule has 1 aromatic rings. The van der Waals surface area contributed by atoms with Crippen LogP contribution in [0, 0.1) is 5.92 Å². The molecular weight excluding hydrogens is 603 g/mol. The molecule has 11 heteroatoms. The molecule has 1 atom stereocenters. The van der Waals surface area contributed by atoms with Gasteiger partial charge in [0.15, 0.2) is 0 Å². The first-order chi connectivity index (χ1) is 16.3. The maximum absolute atomic E-state index is 12.9. The van der Waals surface area contributed by atoms with Gasteiger partial charge in [-0.25, -0.2) is 4.98 Å². The summed E-state index contributed by atoms with van der Waals surface area (Å²) in [4.78, 5) is 3.83. The summed E-state index contributed by atoms with van der Waals surface area (Å²) >= 11 is 1.84. The molecule has 0 bridgehead atoms. The smallest absolute Gasteiger partial charge is 0.387 e. The fraction of sp³-hybridized carbons (Fsp3) is 0.458. The summed E-state index contributed by atoms with van der Waals surface area (Å²) in [6.45, 7) is 15.2. The lowest BCUT2D eigenvalue weighted by atomic mass is 9.91. The molecule has 0 aliphatic carbocycles. The molecule has 2 N–H and O–H groups in total. The standard InChI is InChI=1S/C22H25F6N3.C2H6.HIS/c1-13(2)17(11-15(4)21(23,24)25)14(3)10-19-18(6-5-9-29-19)31-20-8-7-16(12-30-20)22(26,27)28;2*1-2/h7-8,10-13,18,29H,3-6,9H2,1-2H3,(H,30,31);1-2H3;2H/b17-11+,19-10-;;. The van der Waals surface area contributed by atoms with Gasteiger partial charge in [0.05, 0.1) is 11.6 Å². The molecule has 0 aromatic carbocycles. The number of pyridine rings is 1. The highest BCUT2D eigenvalue weighted by atomic mass is 127. The molecular formula is C24H32F6IN3S. The molecule has 0 radical (unpaired) electrons. The number of piperidine rings is 1. The third-order valence-corrected chi connectivity index (χ3v) is 4.80. The topological polar surface area (TPSA) is 37.0 Å². The second-order valence-corrected chi connectivity index (χ2v) is 7.60. The van der Waals surface area contributed by atoms with Gasteiger partial charge >= 0.3 is 12.4 Å². The van der Waals surface area contributed by atoms with Gasteiger partial charge in [-0.05, 0) is 75.4 Å². The van der Waals surface area contributed by atoms with Crippen molar-refractivity contribution in [1.82, 2.24) is 10.3 Å². The highest BCUT2D eigenvalue weighted by Crippen LogP contribution is 2.31. The summed E-state index contributed by atoms with van der Waals surface area (Å²) in [7, 11) is 3.50. The Hall–Kier alpha value is -1.63. The van der Waals surface area contributed by atoms with Crippen LogP contribution < -0.4 is 10.6 Å². The van der Waals surface area contributed by atoms with E-state index in [0.29, 0.717) is 29.8 Å². The minimum Gasteiger partial charge on any atom is -0.387 e. The molecule has 1 saturated heterocycles. The van der Waals surface area contributed by atoms with Gasteiger partial charge in [-0.15, -0.1) is 9.80 Å². The summed E-state index contributed by atoms with van der Waals surface area (Å²) in [6, 6.07) is 1.89. The fourth-order valence-electron chi connectivity index (χ4n) is 3.12. The summed E-state index contributed by atoms with van der Waals surface area (Å²) in [5.41, 5.74) is -0.329. The highest BCUT2D eigenvalue weighted by molar-refractivity contribution is 14.2. The van der Waals surface area contributed by atoms with E-state index in [1.54, 1.807) is 19.9 Å². The molecule has 3 nitrogen and oxygen atoms in total. The zero-order valence-electron chi connectivity index (χ0n) is 20.1. The fourth-order valence-corrected chi connectivity index (χ4v) is 3.12. The number of allylic oxidation sites excluding steroid dienone is 5. The second-order valence-electron chi connectivity index (χ2n) is 7.60. The summed E-state index contributed by atoms with van der Waals surface area (Å²) in [5.74, 6) is 0.0401. The zero-order chi connectivity index (χ0) is 27.4. The lowest BCUT2D eigenvalue weighted by Gasteiger charge is -2.29. The molecule has 2 heterocycles. The number of rotatable bonds is 6. The molecule has 1 aromatic heterocycles. The van der Waals surface area contributed by atoms with Gasteiger partial charge in [-0.3, -0.25) is 0 Å². The lowest BCUT2D eigenvalue weighted by molar-refractivity contribution is -0.137. The van der Waals surface area contributed by atoms with E-state index in [4.69, 9.17) is 0 Å². The number of hydrogen-bond acceptors (Lipinski definition) is 4. The van der Waals surface area contributed by atoms with E-state index in [-0.39, 0.29) is 17.8 Å². The number of hydrogen-bond donors (Lipinski definition) is 3. The normalized spacial score (nSPS) is 17.5. The monoisotopic (exact) mass is 635 g/mol. The first kappa shape index (κ1) is 33.4. The molecule has 1 aliphatic heterocycles. The van der Waals surface area contributed by atoms with E-state index in [0.717, 1.165) is 24.8 Å². The quantitative estimate of drug-likeness (QED) is 0.127. The number of halogens is 7. The van der Waals surface area contributed by atoms with Crippen LogP contribution >= 0.6 is 31.0 Å². The number of thiol groups is 1. The summed E-state index contributed by atoms with van der Waals surface area (Å²) in [6.07, 6.45) is -4.12. The van der Waals surface area contributed by atoms with Crippen LogP contribution in [0.1, 0.15) is 46.1 Å². The third-order valence-electron chi connectivity index (χ3n) is 4.80. The van der Waals surface area contributed by atoms with Crippen LogP contribution in [-0.2, 0) is 6.18 Å². The number of nitrogens with zero attached hydrogens (tertiary/aromatic N) is 1. The lowest BCUT2D eigenvalue weighted by Crippen LogP contribution is -2.36. The van der Waals surface area contributed by atoms with Crippen molar-refractivity contribution >= 4 is 36.8 Å². The Morgan fingerprint density at radius 1 is 1.17 bits per heavy atom. The van der Waals surface area contributed by atoms with Crippen molar-refractivity contribution in [2.75, 3.05) is 11.9 Å². The SMILES string of the molecule is C=C(/C=C1\NCCCC1Nc1ccc(C(F)(F)F)cn1)/C(=C/C(=C)C(F)(F)F)C(C)C.CC.SI. The van der Waals surface area contributed by atoms with E-state index in [2.05, 4.69) is 38.6 Å². The van der Waals surface area contributed by atoms with E-state index >= 15 is 0 Å². The number of anilines is 1. The van der Waals surface area contributed by atoms with Crippen LogP contribution in [0.4, 0.5) is 32.2 Å². The Labute approximate surface area is 221 Å². The van der Waals surface area contributed by atoms with Crippen LogP contribution in [0.15, 0.2) is 66.1 Å². The van der Waals surface area contributed by atoms with E-state index < -0.39 is 23.5 Å². The van der Waals surface area contributed by atoms with Gasteiger partial charge in [0.2, 0.25) is 0 Å². The van der Waals surface area contributed by atoms with Gasteiger partial charge < -0.3 is 10.6 Å². The molecule has 0 spiro atoms. The van der Waals surface area contributed by atoms with Gasteiger partial charge in [0, 0.05) is 24.0 Å². The van der Waals surface area contributed by atoms with Crippen molar-refractivity contribution in [3.05, 3.63) is 71.6 Å². The van der Waals surface area contributed by atoms with Crippen molar-refractivity contribution in [3.63, 3.8) is 0 Å². The maximum atomic E-state index is 12.9. The average molecular weight is 636 g/mol. The van der Waals surface area contributed by atoms with Crippen molar-refractivity contribution < 1.29 is 26.3 Å². The van der Waals surface area contributed by atoms with Crippen LogP contribution in [0.2, 0.25) is 0 Å². The Morgan fingerprint density at radius 2 is 1.77 bits per heavy atom. The van der Waals surface area contributed by atoms with Crippen LogP contribution in [0.3, 0.4) is 0 Å². The largest absolute Gasteiger partial charge is 0.417 e. The molecule has 198 valence electrons. The number of nitrogens with one attached hydrogen (secondary N) is 2. The molecule has 35 heavy (non-hydrogen) atoms. The van der Waals surface area contributed by atoms with Crippen molar-refractivity contribution in [1.29, 1.82) is 0 Å². The third kappa shape index (κ3) is 11.3. The molecule has 1 fully saturated rings. The van der Waals surface area contributed by atoms with E-state index in [9.17, 15) is 26.3 Å². The summed E-state index contributed by atoms with van der Waals surface area (Å²) < 4.78 is 76.9. The van der Waals surface area contributed by atoms with Crippen molar-refractivity contribution in [2.24, 2.45) is 5.92 Å². The highest BCUT2D eigenvalue weighted by Gasteiger charge is 2.32. The van der Waals surface area contributed by atoms with Crippen molar-refractivity contribution in [3.8, 4) is 0 Å². The number of aromatic nitrogens is 1. The minimum atomic E-state index is -4.53. The van der Waals surface area contributed by atoms with Gasteiger partial charge in [0.1, 0.15) is 5.82 Å². The van der Waals surface area contributed by atoms with E-state index in [1.807, 2.05) is 35.1 Å². The van der Waals surface area contributed by atoms with Crippen LogP contribution in [-0.4, -0.2) is 23.7 Å². The van der Waals surface area contributed by atoms with Gasteiger partial charge in [-0.1, -0.05) is 40.9 Å². The van der Waals surface area contributed by atoms with Gasteiger partial charge in [-0.2, -0.15) is 26.3 Å². The predicted molar refractivity (Wildman–Crippen MR) is 144 cm³/mol.